The Balaban J connectivity index is 3.46. The highest BCUT2D eigenvalue weighted by molar-refractivity contribution is 7.46. The molecule has 5 N–H and O–H groups in total. The smallest absolute Gasteiger partial charge is 0.387 e. The quantitative estimate of drug-likeness (QED) is 0.172. The van der Waals surface area contributed by atoms with E-state index in [4.69, 9.17) is 15.5 Å². The number of hydrogen-bond donors (Lipinski definition) is 4. The van der Waals surface area contributed by atoms with E-state index in [0.717, 1.165) is 12.8 Å². The molecular weight excluding hydrogens is 341 g/mol. The normalized spacial score (nSPS) is 14.9. The molecule has 0 fully saturated rings. The Labute approximate surface area is 153 Å². The van der Waals surface area contributed by atoms with Gasteiger partial charge in [0.1, 0.15) is 0 Å². The maximum absolute atomic E-state index is 10.6. The van der Waals surface area contributed by atoms with Crippen LogP contribution < -0.4 is 5.73 Å². The molecule has 0 saturated heterocycles. The summed E-state index contributed by atoms with van der Waals surface area (Å²) in [6, 6.07) is -0.846. The van der Waals surface area contributed by atoms with E-state index in [1.54, 1.807) is 6.08 Å². The minimum Gasteiger partial charge on any atom is -0.387 e. The zero-order valence-electron chi connectivity index (χ0n) is 15.7. The Morgan fingerprint density at radius 1 is 0.960 bits per heavy atom. The van der Waals surface area contributed by atoms with Crippen molar-refractivity contribution in [3.05, 3.63) is 12.2 Å². The molecule has 0 aliphatic rings. The van der Waals surface area contributed by atoms with Gasteiger partial charge in [-0.2, -0.15) is 0 Å². The van der Waals surface area contributed by atoms with E-state index in [9.17, 15) is 9.67 Å². The SMILES string of the molecule is CCCCCCCCCCCCCC=C[C@H](O)C(N)COP(=O)(O)O. The van der Waals surface area contributed by atoms with Crippen molar-refractivity contribution in [3.63, 3.8) is 0 Å². The standard InChI is InChI=1S/C18H38NO5P/c1-2-3-4-5-6-7-8-9-10-11-12-13-14-15-18(20)17(19)16-24-25(21,22)23/h14-15,17-18,20H,2-13,16,19H2,1H3,(H2,21,22,23)/t17?,18-/m0/s1. The molecule has 25 heavy (non-hydrogen) atoms. The van der Waals surface area contributed by atoms with Crippen LogP contribution in [0.4, 0.5) is 0 Å². The largest absolute Gasteiger partial charge is 0.469 e. The Morgan fingerprint density at radius 2 is 1.44 bits per heavy atom. The van der Waals surface area contributed by atoms with E-state index >= 15 is 0 Å². The first kappa shape index (κ1) is 24.8. The third kappa shape index (κ3) is 18.4. The van der Waals surface area contributed by atoms with E-state index in [0.29, 0.717) is 0 Å². The van der Waals surface area contributed by atoms with Crippen molar-refractivity contribution in [2.24, 2.45) is 5.73 Å². The van der Waals surface area contributed by atoms with Crippen LogP contribution in [0.5, 0.6) is 0 Å². The topological polar surface area (TPSA) is 113 Å². The maximum atomic E-state index is 10.6. The van der Waals surface area contributed by atoms with Gasteiger partial charge >= 0.3 is 7.82 Å². The van der Waals surface area contributed by atoms with Crippen molar-refractivity contribution in [1.29, 1.82) is 0 Å². The molecule has 0 aliphatic carbocycles. The monoisotopic (exact) mass is 379 g/mol. The number of aliphatic hydroxyl groups is 1. The van der Waals surface area contributed by atoms with Crippen molar-refractivity contribution in [3.8, 4) is 0 Å². The number of phosphoric acid groups is 1. The molecule has 0 amide bonds. The van der Waals surface area contributed by atoms with Crippen molar-refractivity contribution in [1.82, 2.24) is 0 Å². The fourth-order valence-corrected chi connectivity index (χ4v) is 2.95. The zero-order valence-corrected chi connectivity index (χ0v) is 16.6. The van der Waals surface area contributed by atoms with E-state index in [1.807, 2.05) is 6.08 Å². The van der Waals surface area contributed by atoms with Crippen molar-refractivity contribution >= 4 is 7.82 Å². The average molecular weight is 379 g/mol. The van der Waals surface area contributed by atoms with Crippen LogP contribution in [-0.2, 0) is 9.09 Å². The molecule has 0 aliphatic heterocycles. The lowest BCUT2D eigenvalue weighted by molar-refractivity contribution is 0.129. The van der Waals surface area contributed by atoms with Crippen molar-refractivity contribution in [2.75, 3.05) is 6.61 Å². The lowest BCUT2D eigenvalue weighted by Gasteiger charge is -2.15. The van der Waals surface area contributed by atoms with Gasteiger partial charge in [0.15, 0.2) is 0 Å². The fraction of sp³-hybridized carbons (Fsp3) is 0.889. The molecule has 0 rings (SSSR count). The van der Waals surface area contributed by atoms with Gasteiger partial charge in [0.2, 0.25) is 0 Å². The summed E-state index contributed by atoms with van der Waals surface area (Å²) in [5.41, 5.74) is 5.60. The highest BCUT2D eigenvalue weighted by Gasteiger charge is 2.19. The second-order valence-corrected chi connectivity index (χ2v) is 7.93. The number of hydrogen-bond acceptors (Lipinski definition) is 4. The van der Waals surface area contributed by atoms with Crippen LogP contribution >= 0.6 is 7.82 Å². The van der Waals surface area contributed by atoms with E-state index in [1.165, 1.54) is 64.2 Å². The van der Waals surface area contributed by atoms with Crippen molar-refractivity contribution in [2.45, 2.75) is 96.1 Å². The van der Waals surface area contributed by atoms with Crippen LogP contribution in [0.3, 0.4) is 0 Å². The Bertz CT molecular complexity index is 372. The molecule has 0 aromatic carbocycles. The van der Waals surface area contributed by atoms with Crippen LogP contribution in [0.15, 0.2) is 12.2 Å². The first-order valence-electron chi connectivity index (χ1n) is 9.67. The summed E-state index contributed by atoms with van der Waals surface area (Å²) >= 11 is 0. The summed E-state index contributed by atoms with van der Waals surface area (Å²) in [4.78, 5) is 17.2. The van der Waals surface area contributed by atoms with Gasteiger partial charge in [-0.05, 0) is 12.8 Å². The van der Waals surface area contributed by atoms with Gasteiger partial charge in [-0.1, -0.05) is 83.3 Å². The van der Waals surface area contributed by atoms with Gasteiger partial charge in [-0.3, -0.25) is 4.52 Å². The molecule has 0 bridgehead atoms. The molecule has 0 heterocycles. The van der Waals surface area contributed by atoms with Gasteiger partial charge in [0.25, 0.3) is 0 Å². The highest BCUT2D eigenvalue weighted by atomic mass is 31.2. The average Bonchev–Trinajstić information content (AvgIpc) is 2.56. The van der Waals surface area contributed by atoms with Crippen molar-refractivity contribution < 1.29 is 24.0 Å². The molecule has 0 radical (unpaired) electrons. The minimum atomic E-state index is -4.53. The molecule has 7 heteroatoms. The summed E-state index contributed by atoms with van der Waals surface area (Å²) in [5.74, 6) is 0. The van der Waals surface area contributed by atoms with Crippen LogP contribution in [0, 0.1) is 0 Å². The van der Waals surface area contributed by atoms with Gasteiger partial charge in [0, 0.05) is 0 Å². The summed E-state index contributed by atoms with van der Waals surface area (Å²) < 4.78 is 14.8. The molecule has 0 aromatic heterocycles. The number of phosphoric ester groups is 1. The van der Waals surface area contributed by atoms with Crippen LogP contribution in [-0.4, -0.2) is 33.6 Å². The molecule has 0 spiro atoms. The minimum absolute atomic E-state index is 0.381. The number of nitrogens with two attached hydrogens (primary N) is 1. The van der Waals surface area contributed by atoms with Crippen LogP contribution in [0.25, 0.3) is 0 Å². The first-order valence-corrected chi connectivity index (χ1v) is 11.2. The third-order valence-electron chi connectivity index (χ3n) is 4.18. The van der Waals surface area contributed by atoms with Gasteiger partial charge < -0.3 is 20.6 Å². The molecule has 0 saturated carbocycles. The predicted molar refractivity (Wildman–Crippen MR) is 102 cm³/mol. The van der Waals surface area contributed by atoms with E-state index in [-0.39, 0.29) is 6.61 Å². The van der Waals surface area contributed by atoms with Gasteiger partial charge in [-0.25, -0.2) is 4.57 Å². The molecule has 150 valence electrons. The van der Waals surface area contributed by atoms with E-state index < -0.39 is 20.0 Å². The Kier molecular flexibility index (Phi) is 15.8. The first-order chi connectivity index (χ1) is 11.9. The van der Waals surface area contributed by atoms with Gasteiger partial charge in [-0.15, -0.1) is 0 Å². The van der Waals surface area contributed by atoms with E-state index in [2.05, 4.69) is 11.4 Å². The molecular formula is C18H38NO5P. The molecule has 6 nitrogen and oxygen atoms in total. The number of unbranched alkanes of at least 4 members (excludes halogenated alkanes) is 11. The second-order valence-electron chi connectivity index (χ2n) is 6.69. The fourth-order valence-electron chi connectivity index (χ4n) is 2.59. The maximum Gasteiger partial charge on any atom is 0.469 e. The summed E-state index contributed by atoms with van der Waals surface area (Å²) in [6.45, 7) is 1.86. The Morgan fingerprint density at radius 3 is 1.92 bits per heavy atom. The Hall–Kier alpha value is -0.230. The number of rotatable bonds is 17. The summed E-state index contributed by atoms with van der Waals surface area (Å²) in [6.07, 6.45) is 17.6. The van der Waals surface area contributed by atoms with Crippen LogP contribution in [0.1, 0.15) is 84.0 Å². The molecule has 2 atom stereocenters. The molecule has 0 aromatic rings. The number of allylic oxidation sites excluding steroid dienone is 1. The molecule has 1 unspecified atom stereocenters. The van der Waals surface area contributed by atoms with Crippen LogP contribution in [0.2, 0.25) is 0 Å². The zero-order chi connectivity index (χ0) is 19.0. The predicted octanol–water partition coefficient (Wildman–Crippen LogP) is 4.04. The third-order valence-corrected chi connectivity index (χ3v) is 4.67. The second kappa shape index (κ2) is 16.0. The summed E-state index contributed by atoms with van der Waals surface area (Å²) in [5, 5.41) is 9.75. The summed E-state index contributed by atoms with van der Waals surface area (Å²) in [7, 11) is -4.53. The lowest BCUT2D eigenvalue weighted by atomic mass is 10.0. The van der Waals surface area contributed by atoms with Gasteiger partial charge in [0.05, 0.1) is 18.8 Å². The highest BCUT2D eigenvalue weighted by Crippen LogP contribution is 2.35. The number of aliphatic hydroxyl groups excluding tert-OH is 1. The lowest BCUT2D eigenvalue weighted by Crippen LogP contribution is -2.37.